The molecule has 0 radical (unpaired) electrons. The smallest absolute Gasteiger partial charge is 0.239 e. The van der Waals surface area contributed by atoms with Crippen LogP contribution in [0, 0.1) is 23.7 Å². The number of rotatable bonds is 17. The van der Waals surface area contributed by atoms with E-state index in [4.69, 9.17) is 19.0 Å². The number of benzene rings is 1. The largest absolute Gasteiger partial charge is 0.490 e. The average molecular weight is 623 g/mol. The van der Waals surface area contributed by atoms with Gasteiger partial charge >= 0.3 is 0 Å². The highest BCUT2D eigenvalue weighted by Gasteiger charge is 2.65. The Morgan fingerprint density at radius 1 is 1.11 bits per heavy atom. The van der Waals surface area contributed by atoms with Gasteiger partial charge in [-0.25, -0.2) is 0 Å². The maximum atomic E-state index is 13.7. The number of nitrogens with zero attached hydrogens (tertiary/aromatic N) is 2. The number of ether oxygens (including phenoxy) is 3. The Hall–Kier alpha value is -3.14. The van der Waals surface area contributed by atoms with Gasteiger partial charge in [0.1, 0.15) is 31.3 Å². The molecule has 2 N–H and O–H groups in total. The lowest BCUT2D eigenvalue weighted by Gasteiger charge is -2.59. The van der Waals surface area contributed by atoms with Crippen LogP contribution in [0.5, 0.6) is 11.5 Å². The van der Waals surface area contributed by atoms with Crippen LogP contribution in [0.1, 0.15) is 69.3 Å². The molecule has 4 aliphatic rings. The van der Waals surface area contributed by atoms with E-state index in [9.17, 15) is 15.0 Å². The molecule has 1 aliphatic heterocycles. The minimum absolute atomic E-state index is 0.0240. The first-order valence-electron chi connectivity index (χ1n) is 16.6. The van der Waals surface area contributed by atoms with Gasteiger partial charge in [0.25, 0.3) is 0 Å². The fraction of sp³-hybridized carbons (Fsp3) is 0.611. The normalized spacial score (nSPS) is 29.1. The molecule has 1 aromatic rings. The van der Waals surface area contributed by atoms with Gasteiger partial charge in [0.05, 0.1) is 18.2 Å². The number of aliphatic hydroxyl groups is 2. The maximum Gasteiger partial charge on any atom is 0.239 e. The van der Waals surface area contributed by atoms with Crippen LogP contribution in [0.4, 0.5) is 0 Å². The molecule has 1 aromatic carbocycles. The molecule has 2 saturated carbocycles. The molecule has 246 valence electrons. The maximum absolute atomic E-state index is 13.7. The third-order valence-corrected chi connectivity index (χ3v) is 9.96. The molecule has 0 saturated heterocycles. The van der Waals surface area contributed by atoms with Crippen molar-refractivity contribution in [3.8, 4) is 11.5 Å². The Balaban J connectivity index is 1.73. The van der Waals surface area contributed by atoms with E-state index >= 15 is 0 Å². The number of hydrogen-bond acceptors (Lipinski definition) is 8. The summed E-state index contributed by atoms with van der Waals surface area (Å²) in [6, 6.07) is 5.50. The molecule has 1 amide bonds. The van der Waals surface area contributed by atoms with E-state index in [1.54, 1.807) is 19.3 Å². The zero-order valence-corrected chi connectivity index (χ0v) is 26.9. The van der Waals surface area contributed by atoms with Gasteiger partial charge in [-0.3, -0.25) is 4.79 Å². The predicted molar refractivity (Wildman–Crippen MR) is 173 cm³/mol. The Labute approximate surface area is 267 Å². The summed E-state index contributed by atoms with van der Waals surface area (Å²) in [7, 11) is 3.42. The van der Waals surface area contributed by atoms with Gasteiger partial charge in [0.2, 0.25) is 11.7 Å². The molecule has 1 heterocycles. The SMILES string of the molecule is C=CCOc1ccc2c(c1)[C@H]1[C@H](CCCCO)[C@@H](CCCCO)C=C3C(=NOC)C[C@H](N(C)C(=O)C4CC4)[C@@](OCC=C)(O2)[C@H]31. The second-order valence-corrected chi connectivity index (χ2v) is 12.8. The van der Waals surface area contributed by atoms with Crippen LogP contribution in [0.25, 0.3) is 0 Å². The van der Waals surface area contributed by atoms with Gasteiger partial charge in [-0.05, 0) is 74.1 Å². The first-order valence-corrected chi connectivity index (χ1v) is 16.6. The molecule has 2 fully saturated rings. The number of carbonyl (C=O) groups excluding carboxylic acids is 1. The van der Waals surface area contributed by atoms with E-state index in [0.29, 0.717) is 13.0 Å². The van der Waals surface area contributed by atoms with Gasteiger partial charge in [-0.15, -0.1) is 6.58 Å². The summed E-state index contributed by atoms with van der Waals surface area (Å²) in [5.74, 6) is 0.400. The Morgan fingerprint density at radius 3 is 2.51 bits per heavy atom. The van der Waals surface area contributed by atoms with E-state index in [2.05, 4.69) is 30.5 Å². The van der Waals surface area contributed by atoms with E-state index < -0.39 is 11.8 Å². The molecule has 9 nitrogen and oxygen atoms in total. The number of amides is 1. The van der Waals surface area contributed by atoms with Crippen LogP contribution < -0.4 is 9.47 Å². The van der Waals surface area contributed by atoms with Crippen molar-refractivity contribution in [1.29, 1.82) is 0 Å². The highest BCUT2D eigenvalue weighted by Crippen LogP contribution is 2.62. The molecule has 3 aliphatic carbocycles. The van der Waals surface area contributed by atoms with Gasteiger partial charge in [0.15, 0.2) is 0 Å². The molecule has 9 heteroatoms. The first-order chi connectivity index (χ1) is 21.9. The highest BCUT2D eigenvalue weighted by molar-refractivity contribution is 6.03. The Kier molecular flexibility index (Phi) is 11.1. The van der Waals surface area contributed by atoms with Crippen LogP contribution in [-0.4, -0.2) is 79.1 Å². The second kappa shape index (κ2) is 15.0. The Morgan fingerprint density at radius 2 is 1.84 bits per heavy atom. The quantitative estimate of drug-likeness (QED) is 0.136. The molecule has 0 spiro atoms. The van der Waals surface area contributed by atoms with Crippen molar-refractivity contribution in [2.45, 2.75) is 75.5 Å². The van der Waals surface area contributed by atoms with E-state index in [0.717, 1.165) is 79.7 Å². The van der Waals surface area contributed by atoms with Gasteiger partial charge in [-0.2, -0.15) is 0 Å². The van der Waals surface area contributed by atoms with Gasteiger partial charge < -0.3 is 34.2 Å². The average Bonchev–Trinajstić information content (AvgIpc) is 3.90. The highest BCUT2D eigenvalue weighted by atomic mass is 16.7. The summed E-state index contributed by atoms with van der Waals surface area (Å²) in [4.78, 5) is 21.0. The van der Waals surface area contributed by atoms with Crippen LogP contribution >= 0.6 is 0 Å². The number of unbranched alkanes of at least 4 members (excludes halogenated alkanes) is 2. The van der Waals surface area contributed by atoms with Crippen LogP contribution in [0.3, 0.4) is 0 Å². The summed E-state index contributed by atoms with van der Waals surface area (Å²) in [6.07, 6.45) is 13.0. The third kappa shape index (κ3) is 6.71. The second-order valence-electron chi connectivity index (χ2n) is 12.8. The third-order valence-electron chi connectivity index (χ3n) is 9.96. The molecular weight excluding hydrogens is 572 g/mol. The number of allylic oxidation sites excluding steroid dienone is 1. The fourth-order valence-electron chi connectivity index (χ4n) is 7.85. The first kappa shape index (κ1) is 33.2. The zero-order valence-electron chi connectivity index (χ0n) is 26.9. The lowest BCUT2D eigenvalue weighted by Crippen LogP contribution is -2.69. The molecule has 5 rings (SSSR count). The monoisotopic (exact) mass is 622 g/mol. The number of oxime groups is 1. The van der Waals surface area contributed by atoms with Gasteiger partial charge in [0, 0.05) is 44.1 Å². The van der Waals surface area contributed by atoms with E-state index in [1.165, 1.54) is 0 Å². The van der Waals surface area contributed by atoms with Crippen molar-refractivity contribution >= 4 is 11.6 Å². The van der Waals surface area contributed by atoms with Crippen molar-refractivity contribution < 1.29 is 34.1 Å². The number of aliphatic hydroxyl groups excluding tert-OH is 2. The molecule has 0 unspecified atom stereocenters. The van der Waals surface area contributed by atoms with E-state index in [-0.39, 0.29) is 55.3 Å². The van der Waals surface area contributed by atoms with E-state index in [1.807, 2.05) is 24.1 Å². The Bertz CT molecular complexity index is 1270. The number of fused-ring (bicyclic) bond motifs is 2. The van der Waals surface area contributed by atoms with Crippen LogP contribution in [0.15, 0.2) is 60.3 Å². The molecular formula is C36H50N2O7. The molecule has 0 bridgehead atoms. The van der Waals surface area contributed by atoms with Crippen molar-refractivity contribution in [3.05, 3.63) is 60.7 Å². The fourth-order valence-corrected chi connectivity index (χ4v) is 7.85. The number of likely N-dealkylation sites (N-methyl/N-ethyl adjacent to an activating group) is 1. The van der Waals surface area contributed by atoms with Crippen LogP contribution in [0.2, 0.25) is 0 Å². The molecule has 0 aromatic heterocycles. The lowest BCUT2D eigenvalue weighted by atomic mass is 9.55. The summed E-state index contributed by atoms with van der Waals surface area (Å²) in [6.45, 7) is 8.70. The lowest BCUT2D eigenvalue weighted by molar-refractivity contribution is -0.255. The van der Waals surface area contributed by atoms with Gasteiger partial charge in [-0.1, -0.05) is 42.8 Å². The number of carbonyl (C=O) groups is 1. The number of hydrogen-bond donors (Lipinski definition) is 2. The summed E-state index contributed by atoms with van der Waals surface area (Å²) < 4.78 is 20.0. The summed E-state index contributed by atoms with van der Waals surface area (Å²) in [5.41, 5.74) is 2.88. The molecule has 45 heavy (non-hydrogen) atoms. The summed E-state index contributed by atoms with van der Waals surface area (Å²) in [5, 5.41) is 23.9. The minimum atomic E-state index is -1.20. The topological polar surface area (TPSA) is 110 Å². The van der Waals surface area contributed by atoms with Crippen molar-refractivity contribution in [2.75, 3.05) is 40.6 Å². The standard InChI is InChI=1S/C36H50N2O7/c1-5-19-43-26-15-16-31-29(22-26)33-27(12-8-10-18-40)25(11-7-9-17-39)21-28-30(37-42-4)23-32(38(3)35(41)24-13-14-24)36(45-31,34(28)33)44-20-6-2/h5-6,15-16,21-22,24-25,27,32-34,39-40H,1-2,7-14,17-20,23H2,3-4H3/t25-,27+,32-,33+,34+,36+/m0/s1. The van der Waals surface area contributed by atoms with Crippen LogP contribution in [-0.2, 0) is 14.4 Å². The van der Waals surface area contributed by atoms with Crippen molar-refractivity contribution in [3.63, 3.8) is 0 Å². The zero-order chi connectivity index (χ0) is 32.0. The summed E-state index contributed by atoms with van der Waals surface area (Å²) >= 11 is 0. The predicted octanol–water partition coefficient (Wildman–Crippen LogP) is 5.38. The minimum Gasteiger partial charge on any atom is -0.490 e. The van der Waals surface area contributed by atoms with Crippen molar-refractivity contribution in [2.24, 2.45) is 28.8 Å². The van der Waals surface area contributed by atoms with Crippen molar-refractivity contribution in [1.82, 2.24) is 4.90 Å². The molecule has 6 atom stereocenters.